The Balaban J connectivity index is 1.39. The minimum atomic E-state index is 0.0260. The van der Waals surface area contributed by atoms with Crippen LogP contribution in [0.15, 0.2) is 46.7 Å². The van der Waals surface area contributed by atoms with E-state index in [1.54, 1.807) is 24.2 Å². The zero-order valence-corrected chi connectivity index (χ0v) is 13.7. The van der Waals surface area contributed by atoms with Crippen LogP contribution in [0.2, 0.25) is 0 Å². The first-order valence-corrected chi connectivity index (χ1v) is 8.89. The fourth-order valence-electron chi connectivity index (χ4n) is 3.48. The van der Waals surface area contributed by atoms with Crippen molar-refractivity contribution in [2.75, 3.05) is 19.6 Å². The van der Waals surface area contributed by atoms with E-state index in [4.69, 9.17) is 0 Å². The number of hydrogen-bond donors (Lipinski definition) is 2. The number of rotatable bonds is 4. The first-order valence-electron chi connectivity index (χ1n) is 8.07. The first kappa shape index (κ1) is 14.8. The number of aromatic amines is 1. The number of pyridine rings is 1. The summed E-state index contributed by atoms with van der Waals surface area (Å²) in [6, 6.07) is 6.13. The summed E-state index contributed by atoms with van der Waals surface area (Å²) in [5.41, 5.74) is 0.702. The fraction of sp³-hybridized carbons (Fsp3) is 0.412. The molecule has 3 saturated heterocycles. The zero-order valence-electron chi connectivity index (χ0n) is 12.9. The Hall–Kier alpha value is -1.79. The molecule has 3 aliphatic rings. The van der Waals surface area contributed by atoms with Crippen molar-refractivity contribution < 1.29 is 4.79 Å². The molecule has 1 unspecified atom stereocenters. The molecule has 1 atom stereocenters. The highest BCUT2D eigenvalue weighted by Gasteiger charge is 2.35. The fourth-order valence-corrected chi connectivity index (χ4v) is 4.30. The van der Waals surface area contributed by atoms with Crippen LogP contribution in [0.25, 0.3) is 0 Å². The number of carbonyl (C=O) groups is 1. The molecule has 0 radical (unpaired) electrons. The summed E-state index contributed by atoms with van der Waals surface area (Å²) in [7, 11) is 0. The van der Waals surface area contributed by atoms with Gasteiger partial charge in [-0.25, -0.2) is 0 Å². The molecule has 5 heterocycles. The Labute approximate surface area is 139 Å². The van der Waals surface area contributed by atoms with Crippen molar-refractivity contribution >= 4 is 17.7 Å². The van der Waals surface area contributed by atoms with Crippen LogP contribution >= 0.6 is 11.8 Å². The lowest BCUT2D eigenvalue weighted by molar-refractivity contribution is 0.0620. The van der Waals surface area contributed by atoms with Gasteiger partial charge in [0, 0.05) is 36.1 Å². The molecule has 3 aliphatic heterocycles. The van der Waals surface area contributed by atoms with E-state index in [2.05, 4.69) is 20.2 Å². The SMILES string of the molecule is O=C(NC1CN2CCC1CC2)c1c[nH]c(Sc2cccnc2)c1. The number of carbonyl (C=O) groups excluding carboxylic acids is 1. The van der Waals surface area contributed by atoms with E-state index in [-0.39, 0.29) is 5.91 Å². The summed E-state index contributed by atoms with van der Waals surface area (Å²) in [6.45, 7) is 3.37. The van der Waals surface area contributed by atoms with Crippen molar-refractivity contribution in [3.8, 4) is 0 Å². The molecule has 1 amide bonds. The monoisotopic (exact) mass is 328 g/mol. The summed E-state index contributed by atoms with van der Waals surface area (Å²) in [6.07, 6.45) is 7.78. The van der Waals surface area contributed by atoms with Crippen molar-refractivity contribution in [2.24, 2.45) is 5.92 Å². The van der Waals surface area contributed by atoms with Gasteiger partial charge in [0.25, 0.3) is 5.91 Å². The predicted molar refractivity (Wildman–Crippen MR) is 89.6 cm³/mol. The molecule has 2 N–H and O–H groups in total. The Morgan fingerprint density at radius 3 is 2.96 bits per heavy atom. The van der Waals surface area contributed by atoms with Gasteiger partial charge < -0.3 is 15.2 Å². The normalized spacial score (nSPS) is 26.2. The van der Waals surface area contributed by atoms with E-state index >= 15 is 0 Å². The van der Waals surface area contributed by atoms with Crippen LogP contribution in [-0.2, 0) is 0 Å². The van der Waals surface area contributed by atoms with Crippen molar-refractivity contribution in [2.45, 2.75) is 28.8 Å². The molecular formula is C17H20N4OS. The molecular weight excluding hydrogens is 308 g/mol. The van der Waals surface area contributed by atoms with E-state index in [1.807, 2.05) is 24.4 Å². The topological polar surface area (TPSA) is 61.0 Å². The van der Waals surface area contributed by atoms with Gasteiger partial charge in [-0.2, -0.15) is 0 Å². The summed E-state index contributed by atoms with van der Waals surface area (Å²) in [4.78, 5) is 23.3. The molecule has 2 bridgehead atoms. The summed E-state index contributed by atoms with van der Waals surface area (Å²) in [5, 5.41) is 4.18. The zero-order chi connectivity index (χ0) is 15.6. The Morgan fingerprint density at radius 2 is 2.26 bits per heavy atom. The molecule has 23 heavy (non-hydrogen) atoms. The van der Waals surface area contributed by atoms with Crippen molar-refractivity contribution in [1.82, 2.24) is 20.2 Å². The molecule has 0 aromatic carbocycles. The average molecular weight is 328 g/mol. The maximum atomic E-state index is 12.5. The van der Waals surface area contributed by atoms with Crippen molar-refractivity contribution in [3.05, 3.63) is 42.4 Å². The van der Waals surface area contributed by atoms with Gasteiger partial charge in [0.1, 0.15) is 0 Å². The second kappa shape index (κ2) is 6.37. The summed E-state index contributed by atoms with van der Waals surface area (Å²) < 4.78 is 0. The third-order valence-corrected chi connectivity index (χ3v) is 5.69. The van der Waals surface area contributed by atoms with E-state index < -0.39 is 0 Å². The molecule has 5 nitrogen and oxygen atoms in total. The number of fused-ring (bicyclic) bond motifs is 3. The Bertz CT molecular complexity index is 679. The minimum Gasteiger partial charge on any atom is -0.355 e. The number of aromatic nitrogens is 2. The van der Waals surface area contributed by atoms with Crippen LogP contribution in [0.4, 0.5) is 0 Å². The largest absolute Gasteiger partial charge is 0.355 e. The predicted octanol–water partition coefficient (Wildman–Crippen LogP) is 2.38. The molecule has 3 fully saturated rings. The highest BCUT2D eigenvalue weighted by molar-refractivity contribution is 7.99. The molecule has 0 aliphatic carbocycles. The van der Waals surface area contributed by atoms with Crippen LogP contribution in [0.5, 0.6) is 0 Å². The van der Waals surface area contributed by atoms with Gasteiger partial charge in [0.2, 0.25) is 0 Å². The summed E-state index contributed by atoms with van der Waals surface area (Å²) in [5.74, 6) is 0.671. The second-order valence-electron chi connectivity index (χ2n) is 6.26. The van der Waals surface area contributed by atoms with Crippen molar-refractivity contribution in [3.63, 3.8) is 0 Å². The molecule has 5 rings (SSSR count). The number of nitrogens with one attached hydrogen (secondary N) is 2. The van der Waals surface area contributed by atoms with Gasteiger partial charge in [-0.05, 0) is 50.0 Å². The molecule has 120 valence electrons. The van der Waals surface area contributed by atoms with Gasteiger partial charge in [-0.1, -0.05) is 11.8 Å². The maximum absolute atomic E-state index is 12.5. The molecule has 0 saturated carbocycles. The third kappa shape index (κ3) is 3.28. The lowest BCUT2D eigenvalue weighted by atomic mass is 9.84. The average Bonchev–Trinajstić information content (AvgIpc) is 3.05. The highest BCUT2D eigenvalue weighted by atomic mass is 32.2. The number of amides is 1. The van der Waals surface area contributed by atoms with Crippen LogP contribution < -0.4 is 5.32 Å². The number of nitrogens with zero attached hydrogens (tertiary/aromatic N) is 2. The maximum Gasteiger partial charge on any atom is 0.253 e. The van der Waals surface area contributed by atoms with Crippen LogP contribution in [0.1, 0.15) is 23.2 Å². The van der Waals surface area contributed by atoms with Gasteiger partial charge in [-0.15, -0.1) is 0 Å². The van der Waals surface area contributed by atoms with Crippen molar-refractivity contribution in [1.29, 1.82) is 0 Å². The first-order chi connectivity index (χ1) is 11.3. The lowest BCUT2D eigenvalue weighted by Gasteiger charge is -2.44. The molecule has 0 spiro atoms. The summed E-state index contributed by atoms with van der Waals surface area (Å²) >= 11 is 1.58. The molecule has 6 heteroatoms. The van der Waals surface area contributed by atoms with E-state index in [9.17, 15) is 4.79 Å². The highest BCUT2D eigenvalue weighted by Crippen LogP contribution is 2.28. The van der Waals surface area contributed by atoms with Crippen LogP contribution in [-0.4, -0.2) is 46.5 Å². The van der Waals surface area contributed by atoms with Gasteiger partial charge in [0.15, 0.2) is 0 Å². The Morgan fingerprint density at radius 1 is 1.39 bits per heavy atom. The number of H-pyrrole nitrogens is 1. The quantitative estimate of drug-likeness (QED) is 0.905. The van der Waals surface area contributed by atoms with Gasteiger partial charge in [0.05, 0.1) is 10.6 Å². The smallest absolute Gasteiger partial charge is 0.253 e. The molecule has 2 aromatic heterocycles. The van der Waals surface area contributed by atoms with Crippen LogP contribution in [0.3, 0.4) is 0 Å². The van der Waals surface area contributed by atoms with E-state index in [0.29, 0.717) is 17.5 Å². The number of hydrogen-bond acceptors (Lipinski definition) is 4. The van der Waals surface area contributed by atoms with Gasteiger partial charge >= 0.3 is 0 Å². The standard InChI is InChI=1S/C17H20N4OS/c22-17(20-15-11-21-6-3-12(15)4-7-21)13-8-16(19-9-13)23-14-2-1-5-18-10-14/h1-2,5,8-10,12,15,19H,3-4,6-7,11H2,(H,20,22). The number of piperidine rings is 3. The lowest BCUT2D eigenvalue weighted by Crippen LogP contribution is -2.57. The third-order valence-electron chi connectivity index (χ3n) is 4.75. The molecule has 2 aromatic rings. The second-order valence-corrected chi connectivity index (χ2v) is 7.38. The van der Waals surface area contributed by atoms with Gasteiger partial charge in [-0.3, -0.25) is 9.78 Å². The van der Waals surface area contributed by atoms with Crippen LogP contribution in [0, 0.1) is 5.92 Å². The Kier molecular flexibility index (Phi) is 4.10. The minimum absolute atomic E-state index is 0.0260. The van der Waals surface area contributed by atoms with E-state index in [0.717, 1.165) is 16.5 Å². The van der Waals surface area contributed by atoms with E-state index in [1.165, 1.54) is 25.9 Å².